The molecule has 1 aromatic carbocycles. The Labute approximate surface area is 196 Å². The predicted octanol–water partition coefficient (Wildman–Crippen LogP) is 2.21. The summed E-state index contributed by atoms with van der Waals surface area (Å²) in [5.74, 6) is 1.21. The highest BCUT2D eigenvalue weighted by atomic mass is 16.5. The van der Waals surface area contributed by atoms with Crippen molar-refractivity contribution in [3.05, 3.63) is 41.7 Å². The molecule has 0 spiro atoms. The third-order valence-corrected chi connectivity index (χ3v) is 6.34. The Morgan fingerprint density at radius 3 is 2.65 bits per heavy atom. The molecule has 10 nitrogen and oxygen atoms in total. The van der Waals surface area contributed by atoms with E-state index in [4.69, 9.17) is 18.6 Å². The summed E-state index contributed by atoms with van der Waals surface area (Å²) in [6.45, 7) is 3.82. The highest BCUT2D eigenvalue weighted by Gasteiger charge is 2.23. The van der Waals surface area contributed by atoms with Gasteiger partial charge in [0.15, 0.2) is 11.7 Å². The molecule has 10 heteroatoms. The third kappa shape index (κ3) is 4.83. The lowest BCUT2D eigenvalue weighted by Gasteiger charge is -2.26. The normalized spacial score (nSPS) is 17.3. The number of Topliss-reactive ketones (excluding diaryl/α,β-unsaturated/α-hetero) is 1. The van der Waals surface area contributed by atoms with Crippen LogP contribution < -0.4 is 4.74 Å². The van der Waals surface area contributed by atoms with Gasteiger partial charge in [0.2, 0.25) is 5.91 Å². The molecule has 0 aliphatic carbocycles. The van der Waals surface area contributed by atoms with Crippen LogP contribution in [-0.2, 0) is 27.2 Å². The van der Waals surface area contributed by atoms with Gasteiger partial charge in [-0.15, -0.1) is 0 Å². The molecule has 0 N–H and O–H groups in total. The molecule has 0 bridgehead atoms. The maximum atomic E-state index is 13.0. The summed E-state index contributed by atoms with van der Waals surface area (Å²) >= 11 is 0. The first-order valence-electron chi connectivity index (χ1n) is 11.6. The molecule has 0 unspecified atom stereocenters. The number of hydrogen-bond donors (Lipinski definition) is 0. The molecule has 1 amide bonds. The number of rotatable bonds is 7. The van der Waals surface area contributed by atoms with E-state index >= 15 is 0 Å². The fraction of sp³-hybridized carbons (Fsp3) is 0.500. The largest absolute Gasteiger partial charge is 0.496 e. The second kappa shape index (κ2) is 9.94. The average Bonchev–Trinajstić information content (AvgIpc) is 3.51. The Bertz CT molecular complexity index is 1170. The van der Waals surface area contributed by atoms with Crippen LogP contribution >= 0.6 is 0 Å². The lowest BCUT2D eigenvalue weighted by Crippen LogP contribution is -2.42. The smallest absolute Gasteiger partial charge is 0.244 e. The van der Waals surface area contributed by atoms with E-state index in [1.54, 1.807) is 22.8 Å². The van der Waals surface area contributed by atoms with Gasteiger partial charge in [-0.25, -0.2) is 4.98 Å². The third-order valence-electron chi connectivity index (χ3n) is 6.34. The minimum absolute atomic E-state index is 0.00448. The van der Waals surface area contributed by atoms with E-state index in [1.165, 1.54) is 6.26 Å². The van der Waals surface area contributed by atoms with E-state index in [0.29, 0.717) is 62.4 Å². The van der Waals surface area contributed by atoms with Gasteiger partial charge in [0.1, 0.15) is 24.3 Å². The Hall–Kier alpha value is -3.24. The Balaban J connectivity index is 1.31. The van der Waals surface area contributed by atoms with Crippen LogP contribution in [0.1, 0.15) is 40.7 Å². The minimum atomic E-state index is -0.144. The molecule has 2 aromatic heterocycles. The number of carbonyl (C=O) groups is 2. The first kappa shape index (κ1) is 22.5. The topological polar surface area (TPSA) is 109 Å². The number of methoxy groups -OCH3 is 1. The molecule has 4 heterocycles. The van der Waals surface area contributed by atoms with Gasteiger partial charge in [0, 0.05) is 61.9 Å². The lowest BCUT2D eigenvalue weighted by atomic mass is 10.0. The van der Waals surface area contributed by atoms with E-state index in [9.17, 15) is 9.59 Å². The quantitative estimate of drug-likeness (QED) is 0.486. The average molecular weight is 469 g/mol. The van der Waals surface area contributed by atoms with Crippen LogP contribution in [-0.4, -0.2) is 78.0 Å². The van der Waals surface area contributed by atoms with Crippen molar-refractivity contribution in [2.24, 2.45) is 0 Å². The van der Waals surface area contributed by atoms with Gasteiger partial charge in [-0.2, -0.15) is 5.10 Å². The maximum absolute atomic E-state index is 13.0. The molecule has 34 heavy (non-hydrogen) atoms. The van der Waals surface area contributed by atoms with E-state index < -0.39 is 0 Å². The van der Waals surface area contributed by atoms with Crippen molar-refractivity contribution in [3.63, 3.8) is 0 Å². The zero-order valence-electron chi connectivity index (χ0n) is 19.2. The van der Waals surface area contributed by atoms with Crippen LogP contribution in [0, 0.1) is 0 Å². The van der Waals surface area contributed by atoms with E-state index in [-0.39, 0.29) is 30.6 Å². The number of oxazole rings is 1. The molecular formula is C24H28N4O6. The van der Waals surface area contributed by atoms with Gasteiger partial charge in [0.25, 0.3) is 0 Å². The predicted molar refractivity (Wildman–Crippen MR) is 121 cm³/mol. The molecule has 2 saturated heterocycles. The molecule has 0 radical (unpaired) electrons. The van der Waals surface area contributed by atoms with Crippen LogP contribution in [0.4, 0.5) is 0 Å². The number of nitrogens with zero attached hydrogens (tertiary/aromatic N) is 4. The Morgan fingerprint density at radius 1 is 1.12 bits per heavy atom. The van der Waals surface area contributed by atoms with E-state index in [1.807, 2.05) is 12.3 Å². The Kier molecular flexibility index (Phi) is 6.59. The number of ether oxygens (including phenoxy) is 3. The minimum Gasteiger partial charge on any atom is -0.496 e. The molecular weight excluding hydrogens is 440 g/mol. The molecule has 0 saturated carbocycles. The lowest BCUT2D eigenvalue weighted by molar-refractivity contribution is -0.136. The number of fused-ring (bicyclic) bond motifs is 1. The summed E-state index contributed by atoms with van der Waals surface area (Å²) in [7, 11) is 1.56. The maximum Gasteiger partial charge on any atom is 0.244 e. The van der Waals surface area contributed by atoms with Crippen LogP contribution in [0.5, 0.6) is 5.75 Å². The molecule has 180 valence electrons. The van der Waals surface area contributed by atoms with Gasteiger partial charge in [0.05, 0.1) is 25.8 Å². The van der Waals surface area contributed by atoms with Crippen molar-refractivity contribution < 1.29 is 28.2 Å². The summed E-state index contributed by atoms with van der Waals surface area (Å²) in [6.07, 6.45) is 5.07. The SMILES string of the molecule is COc1cc2nn(CC(=O)N3CCOCC3)cc2cc1CC(=O)c1coc(C2CCOCC2)n1. The molecule has 2 aliphatic heterocycles. The first-order chi connectivity index (χ1) is 16.6. The van der Waals surface area contributed by atoms with Gasteiger partial charge in [-0.1, -0.05) is 0 Å². The first-order valence-corrected chi connectivity index (χ1v) is 11.6. The number of carbonyl (C=O) groups excluding carboxylic acids is 2. The van der Waals surface area contributed by atoms with E-state index in [0.717, 1.165) is 23.8 Å². The summed E-state index contributed by atoms with van der Waals surface area (Å²) in [4.78, 5) is 31.8. The summed E-state index contributed by atoms with van der Waals surface area (Å²) < 4.78 is 23.5. The summed E-state index contributed by atoms with van der Waals surface area (Å²) in [5.41, 5.74) is 1.75. The van der Waals surface area contributed by atoms with Crippen LogP contribution in [0.2, 0.25) is 0 Å². The number of ketones is 1. The second-order valence-corrected chi connectivity index (χ2v) is 8.60. The van der Waals surface area contributed by atoms with Gasteiger partial charge in [-0.05, 0) is 18.9 Å². The second-order valence-electron chi connectivity index (χ2n) is 8.60. The molecule has 2 fully saturated rings. The summed E-state index contributed by atoms with van der Waals surface area (Å²) in [6, 6.07) is 3.68. The van der Waals surface area contributed by atoms with Gasteiger partial charge in [-0.3, -0.25) is 14.3 Å². The van der Waals surface area contributed by atoms with Crippen molar-refractivity contribution in [2.45, 2.75) is 31.7 Å². The van der Waals surface area contributed by atoms with Crippen molar-refractivity contribution in [2.75, 3.05) is 46.6 Å². The highest BCUT2D eigenvalue weighted by molar-refractivity contribution is 5.96. The van der Waals surface area contributed by atoms with Crippen molar-refractivity contribution in [1.29, 1.82) is 0 Å². The number of benzene rings is 1. The molecule has 5 rings (SSSR count). The van der Waals surface area contributed by atoms with Crippen molar-refractivity contribution in [3.8, 4) is 5.75 Å². The van der Waals surface area contributed by atoms with E-state index in [2.05, 4.69) is 10.1 Å². The monoisotopic (exact) mass is 468 g/mol. The molecule has 3 aromatic rings. The Morgan fingerprint density at radius 2 is 1.88 bits per heavy atom. The zero-order chi connectivity index (χ0) is 23.5. The van der Waals surface area contributed by atoms with Gasteiger partial charge < -0.3 is 23.5 Å². The van der Waals surface area contributed by atoms with Crippen LogP contribution in [0.15, 0.2) is 29.0 Å². The van der Waals surface area contributed by atoms with Crippen molar-refractivity contribution >= 4 is 22.6 Å². The zero-order valence-corrected chi connectivity index (χ0v) is 19.2. The number of amides is 1. The summed E-state index contributed by atoms with van der Waals surface area (Å²) in [5, 5.41) is 5.36. The number of hydrogen-bond acceptors (Lipinski definition) is 8. The van der Waals surface area contributed by atoms with Crippen LogP contribution in [0.3, 0.4) is 0 Å². The fourth-order valence-corrected chi connectivity index (χ4v) is 4.42. The molecule has 2 aliphatic rings. The number of aromatic nitrogens is 3. The van der Waals surface area contributed by atoms with Crippen molar-refractivity contribution in [1.82, 2.24) is 19.7 Å². The van der Waals surface area contributed by atoms with Gasteiger partial charge >= 0.3 is 0 Å². The standard InChI is InChI=1S/C24H28N4O6/c1-31-22-12-19-18(13-28(26-19)14-23(30)27-4-8-33-9-5-27)10-17(22)11-21(29)20-15-34-24(25-20)16-2-6-32-7-3-16/h10,12-13,15-16H,2-9,11,14H2,1H3. The van der Waals surface area contributed by atoms with Crippen LogP contribution in [0.25, 0.3) is 10.9 Å². The number of morpholine rings is 1. The molecule has 0 atom stereocenters. The highest BCUT2D eigenvalue weighted by Crippen LogP contribution is 2.28. The fourth-order valence-electron chi connectivity index (χ4n) is 4.42.